The number of nitrogens with two attached hydrogens (primary N) is 1. The van der Waals surface area contributed by atoms with Crippen LogP contribution < -0.4 is 5.73 Å². The highest BCUT2D eigenvalue weighted by Gasteiger charge is 2.25. The van der Waals surface area contributed by atoms with E-state index in [0.29, 0.717) is 12.2 Å². The van der Waals surface area contributed by atoms with Crippen LogP contribution in [0.15, 0.2) is 24.3 Å². The molecule has 0 aliphatic carbocycles. The average molecular weight is 253 g/mol. The lowest BCUT2D eigenvalue weighted by Crippen LogP contribution is -2.38. The van der Waals surface area contributed by atoms with Gasteiger partial charge in [-0.25, -0.2) is 0 Å². The molecule has 0 saturated carbocycles. The zero-order chi connectivity index (χ0) is 13.5. The topological polar surface area (TPSA) is 81.8 Å². The molecule has 0 spiro atoms. The predicted molar refractivity (Wildman–Crippen MR) is 66.7 cm³/mol. The van der Waals surface area contributed by atoms with Gasteiger partial charge in [-0.3, -0.25) is 4.79 Å². The molecule has 0 amide bonds. The third-order valence-electron chi connectivity index (χ3n) is 2.50. The number of hydrogen-bond acceptors (Lipinski definition) is 5. The summed E-state index contributed by atoms with van der Waals surface area (Å²) in [6, 6.07) is 6.04. The van der Waals surface area contributed by atoms with Gasteiger partial charge in [-0.15, -0.1) is 0 Å². The zero-order valence-corrected chi connectivity index (χ0v) is 10.6. The number of rotatable bonds is 6. The molecule has 100 valence electrons. The summed E-state index contributed by atoms with van der Waals surface area (Å²) >= 11 is 0. The van der Waals surface area contributed by atoms with Crippen LogP contribution in [-0.4, -0.2) is 30.8 Å². The summed E-state index contributed by atoms with van der Waals surface area (Å²) in [4.78, 5) is 11.4. The third kappa shape index (κ3) is 3.80. The van der Waals surface area contributed by atoms with Crippen molar-refractivity contribution in [3.05, 3.63) is 35.4 Å². The third-order valence-corrected chi connectivity index (χ3v) is 2.50. The van der Waals surface area contributed by atoms with Crippen LogP contribution in [0.2, 0.25) is 0 Å². The van der Waals surface area contributed by atoms with Gasteiger partial charge in [0.25, 0.3) is 0 Å². The van der Waals surface area contributed by atoms with E-state index in [1.54, 1.807) is 32.2 Å². The first-order valence-electron chi connectivity index (χ1n) is 5.78. The van der Waals surface area contributed by atoms with E-state index in [9.17, 15) is 9.90 Å². The second-order valence-electron chi connectivity index (χ2n) is 3.90. The van der Waals surface area contributed by atoms with Crippen molar-refractivity contribution in [2.45, 2.75) is 25.7 Å². The Morgan fingerprint density at radius 3 is 2.83 bits per heavy atom. The number of esters is 1. The molecule has 0 aliphatic heterocycles. The van der Waals surface area contributed by atoms with E-state index in [2.05, 4.69) is 0 Å². The second-order valence-corrected chi connectivity index (χ2v) is 3.90. The Kier molecular flexibility index (Phi) is 5.77. The van der Waals surface area contributed by atoms with Gasteiger partial charge < -0.3 is 20.3 Å². The number of aliphatic hydroxyl groups is 1. The van der Waals surface area contributed by atoms with Crippen LogP contribution in [0.25, 0.3) is 0 Å². The molecule has 0 heterocycles. The molecule has 5 nitrogen and oxygen atoms in total. The Balaban J connectivity index is 2.79. The van der Waals surface area contributed by atoms with Crippen molar-refractivity contribution >= 4 is 5.97 Å². The lowest BCUT2D eigenvalue weighted by molar-refractivity contribution is -0.147. The van der Waals surface area contributed by atoms with E-state index in [-0.39, 0.29) is 6.61 Å². The summed E-state index contributed by atoms with van der Waals surface area (Å²) in [6.07, 6.45) is -1.08. The Hall–Kier alpha value is -1.43. The molecule has 5 heteroatoms. The highest BCUT2D eigenvalue weighted by Crippen LogP contribution is 2.18. The number of carbonyl (C=O) groups excluding carboxylic acids is 1. The van der Waals surface area contributed by atoms with Crippen LogP contribution in [-0.2, 0) is 20.9 Å². The number of ether oxygens (including phenoxy) is 2. The first-order valence-corrected chi connectivity index (χ1v) is 5.78. The van der Waals surface area contributed by atoms with Gasteiger partial charge in [-0.05, 0) is 18.1 Å². The fourth-order valence-electron chi connectivity index (χ4n) is 1.61. The fourth-order valence-corrected chi connectivity index (χ4v) is 1.61. The van der Waals surface area contributed by atoms with Gasteiger partial charge in [0.05, 0.1) is 13.2 Å². The molecule has 2 unspecified atom stereocenters. The normalized spacial score (nSPS) is 14.0. The molecule has 0 aromatic heterocycles. The SMILES string of the molecule is CCOC(=O)C(N)C(O)c1cccc(COC)c1. The number of hydrogen-bond donors (Lipinski definition) is 2. The van der Waals surface area contributed by atoms with E-state index >= 15 is 0 Å². The summed E-state index contributed by atoms with van der Waals surface area (Å²) in [7, 11) is 1.59. The Morgan fingerprint density at radius 1 is 1.50 bits per heavy atom. The summed E-state index contributed by atoms with van der Waals surface area (Å²) in [5.74, 6) is -0.609. The zero-order valence-electron chi connectivity index (χ0n) is 10.6. The summed E-state index contributed by atoms with van der Waals surface area (Å²) in [6.45, 7) is 2.37. The van der Waals surface area contributed by atoms with E-state index < -0.39 is 18.1 Å². The molecule has 0 fully saturated rings. The lowest BCUT2D eigenvalue weighted by atomic mass is 10.0. The van der Waals surface area contributed by atoms with Crippen molar-refractivity contribution in [1.82, 2.24) is 0 Å². The van der Waals surface area contributed by atoms with Gasteiger partial charge in [-0.2, -0.15) is 0 Å². The van der Waals surface area contributed by atoms with Gasteiger partial charge in [0.15, 0.2) is 0 Å². The monoisotopic (exact) mass is 253 g/mol. The molecule has 1 rings (SSSR count). The summed E-state index contributed by atoms with van der Waals surface area (Å²) in [5.41, 5.74) is 7.13. The van der Waals surface area contributed by atoms with Crippen LogP contribution in [0.3, 0.4) is 0 Å². The van der Waals surface area contributed by atoms with Crippen LogP contribution in [0.5, 0.6) is 0 Å². The fraction of sp³-hybridized carbons (Fsp3) is 0.462. The molecule has 0 saturated heterocycles. The maximum atomic E-state index is 11.4. The molecule has 0 radical (unpaired) electrons. The van der Waals surface area contributed by atoms with Crippen LogP contribution in [0.4, 0.5) is 0 Å². The first kappa shape index (κ1) is 14.6. The molecule has 1 aromatic carbocycles. The van der Waals surface area contributed by atoms with Gasteiger partial charge in [-0.1, -0.05) is 24.3 Å². The highest BCUT2D eigenvalue weighted by molar-refractivity contribution is 5.76. The number of aliphatic hydroxyl groups excluding tert-OH is 1. The molecule has 0 bridgehead atoms. The van der Waals surface area contributed by atoms with E-state index in [1.807, 2.05) is 6.07 Å². The highest BCUT2D eigenvalue weighted by atomic mass is 16.5. The van der Waals surface area contributed by atoms with E-state index in [1.165, 1.54) is 0 Å². The van der Waals surface area contributed by atoms with Crippen molar-refractivity contribution < 1.29 is 19.4 Å². The van der Waals surface area contributed by atoms with Crippen LogP contribution in [0.1, 0.15) is 24.2 Å². The molecule has 3 N–H and O–H groups in total. The average Bonchev–Trinajstić information content (AvgIpc) is 2.38. The number of benzene rings is 1. The van der Waals surface area contributed by atoms with E-state index in [4.69, 9.17) is 15.2 Å². The van der Waals surface area contributed by atoms with E-state index in [0.717, 1.165) is 5.56 Å². The molecule has 0 aliphatic rings. The van der Waals surface area contributed by atoms with Gasteiger partial charge >= 0.3 is 5.97 Å². The van der Waals surface area contributed by atoms with Crippen LogP contribution >= 0.6 is 0 Å². The van der Waals surface area contributed by atoms with Crippen LogP contribution in [0, 0.1) is 0 Å². The summed E-state index contributed by atoms with van der Waals surface area (Å²) in [5, 5.41) is 10.0. The summed E-state index contributed by atoms with van der Waals surface area (Å²) < 4.78 is 9.78. The van der Waals surface area contributed by atoms with Crippen molar-refractivity contribution in [1.29, 1.82) is 0 Å². The van der Waals surface area contributed by atoms with Crippen molar-refractivity contribution in [3.63, 3.8) is 0 Å². The minimum atomic E-state index is -1.08. The van der Waals surface area contributed by atoms with Gasteiger partial charge in [0.1, 0.15) is 12.1 Å². The minimum absolute atomic E-state index is 0.239. The molecular formula is C13H19NO4. The Bertz CT molecular complexity index is 394. The van der Waals surface area contributed by atoms with Crippen molar-refractivity contribution in [2.75, 3.05) is 13.7 Å². The van der Waals surface area contributed by atoms with Crippen molar-refractivity contribution in [2.24, 2.45) is 5.73 Å². The second kappa shape index (κ2) is 7.10. The molecular weight excluding hydrogens is 234 g/mol. The lowest BCUT2D eigenvalue weighted by Gasteiger charge is -2.18. The largest absolute Gasteiger partial charge is 0.465 e. The molecule has 18 heavy (non-hydrogen) atoms. The Labute approximate surface area is 107 Å². The minimum Gasteiger partial charge on any atom is -0.465 e. The quantitative estimate of drug-likeness (QED) is 0.731. The maximum Gasteiger partial charge on any atom is 0.325 e. The van der Waals surface area contributed by atoms with Crippen molar-refractivity contribution in [3.8, 4) is 0 Å². The predicted octanol–water partition coefficient (Wildman–Crippen LogP) is 0.757. The number of methoxy groups -OCH3 is 1. The smallest absolute Gasteiger partial charge is 0.325 e. The van der Waals surface area contributed by atoms with Gasteiger partial charge in [0.2, 0.25) is 0 Å². The first-order chi connectivity index (χ1) is 8.60. The molecule has 1 aromatic rings. The number of carbonyl (C=O) groups is 1. The van der Waals surface area contributed by atoms with Gasteiger partial charge in [0, 0.05) is 7.11 Å². The Morgan fingerprint density at radius 2 is 2.22 bits per heavy atom. The maximum absolute atomic E-state index is 11.4. The molecule has 2 atom stereocenters. The standard InChI is InChI=1S/C13H19NO4/c1-3-18-13(16)11(14)12(15)10-6-4-5-9(7-10)8-17-2/h4-7,11-12,15H,3,8,14H2,1-2H3.